The highest BCUT2D eigenvalue weighted by Gasteiger charge is 2.56. The summed E-state index contributed by atoms with van der Waals surface area (Å²) < 4.78 is 9.99. The molecule has 9 nitrogen and oxygen atoms in total. The molecule has 0 aliphatic rings. The lowest BCUT2D eigenvalue weighted by Gasteiger charge is -2.34. The van der Waals surface area contributed by atoms with Crippen LogP contribution in [0.15, 0.2) is 24.3 Å². The molecule has 1 unspecified atom stereocenters. The lowest BCUT2D eigenvalue weighted by Crippen LogP contribution is -2.64. The van der Waals surface area contributed by atoms with Crippen LogP contribution in [0.25, 0.3) is 0 Å². The van der Waals surface area contributed by atoms with Crippen molar-refractivity contribution in [2.24, 2.45) is 0 Å². The minimum absolute atomic E-state index is 0.0524. The Balaban J connectivity index is 3.65. The molecule has 0 saturated heterocycles. The zero-order valence-corrected chi connectivity index (χ0v) is 15.1. The third-order valence-corrected chi connectivity index (χ3v) is 3.82. The molecule has 26 heavy (non-hydrogen) atoms. The van der Waals surface area contributed by atoms with Crippen molar-refractivity contribution in [2.75, 3.05) is 13.2 Å². The fraction of sp³-hybridized carbons (Fsp3) is 0.471. The van der Waals surface area contributed by atoms with Crippen molar-refractivity contribution < 1.29 is 28.8 Å². The summed E-state index contributed by atoms with van der Waals surface area (Å²) in [6.45, 7) is 5.52. The van der Waals surface area contributed by atoms with E-state index in [1.807, 2.05) is 0 Å². The van der Waals surface area contributed by atoms with Gasteiger partial charge in [-0.25, -0.2) is 9.59 Å². The van der Waals surface area contributed by atoms with E-state index < -0.39 is 34.2 Å². The number of nitro benzene ring substituents is 1. The number of nitrogens with zero attached hydrogens (tertiary/aromatic N) is 1. The van der Waals surface area contributed by atoms with Crippen molar-refractivity contribution in [3.8, 4) is 0 Å². The van der Waals surface area contributed by atoms with E-state index in [1.165, 1.54) is 45.0 Å². The van der Waals surface area contributed by atoms with Crippen LogP contribution in [0.2, 0.25) is 0 Å². The van der Waals surface area contributed by atoms with E-state index in [0.717, 1.165) is 6.92 Å². The van der Waals surface area contributed by atoms with Gasteiger partial charge in [-0.1, -0.05) is 25.1 Å². The normalized spacial score (nSPS) is 12.0. The Morgan fingerprint density at radius 3 is 2.08 bits per heavy atom. The molecule has 0 spiro atoms. The molecule has 0 saturated carbocycles. The van der Waals surface area contributed by atoms with Gasteiger partial charge in [-0.2, -0.15) is 0 Å². The van der Waals surface area contributed by atoms with E-state index in [4.69, 9.17) is 9.47 Å². The van der Waals surface area contributed by atoms with Crippen LogP contribution in [0.3, 0.4) is 0 Å². The molecule has 1 rings (SSSR count). The highest BCUT2D eigenvalue weighted by atomic mass is 16.6. The highest BCUT2D eigenvalue weighted by Crippen LogP contribution is 2.36. The van der Waals surface area contributed by atoms with Gasteiger partial charge in [0.2, 0.25) is 11.4 Å². The van der Waals surface area contributed by atoms with E-state index >= 15 is 0 Å². The lowest BCUT2D eigenvalue weighted by atomic mass is 9.79. The number of hydrogen-bond donors (Lipinski definition) is 1. The summed E-state index contributed by atoms with van der Waals surface area (Å²) in [6.07, 6.45) is 0. The Morgan fingerprint density at radius 2 is 1.65 bits per heavy atom. The number of ether oxygens (including phenoxy) is 2. The zero-order chi connectivity index (χ0) is 19.9. The fourth-order valence-corrected chi connectivity index (χ4v) is 2.67. The summed E-state index contributed by atoms with van der Waals surface area (Å²) in [5.74, 6) is -3.89. The van der Waals surface area contributed by atoms with E-state index in [2.05, 4.69) is 5.32 Å². The maximum Gasteiger partial charge on any atom is 0.344 e. The third kappa shape index (κ3) is 4.16. The molecule has 0 aliphatic carbocycles. The Hall–Kier alpha value is -2.97. The van der Waals surface area contributed by atoms with Crippen LogP contribution in [0, 0.1) is 10.1 Å². The van der Waals surface area contributed by atoms with Crippen LogP contribution in [-0.2, 0) is 23.9 Å². The molecule has 1 amide bonds. The average molecular weight is 366 g/mol. The third-order valence-electron chi connectivity index (χ3n) is 3.82. The monoisotopic (exact) mass is 366 g/mol. The number of para-hydroxylation sites is 1. The minimum Gasteiger partial charge on any atom is -0.464 e. The first-order chi connectivity index (χ1) is 12.2. The molecule has 0 heterocycles. The maximum absolute atomic E-state index is 12.7. The average Bonchev–Trinajstić information content (AvgIpc) is 2.59. The summed E-state index contributed by atoms with van der Waals surface area (Å²) >= 11 is 0. The SMILES string of the molecule is CCOC(=O)C(NC(C)=O)(C(=O)OCC)C(C)c1ccccc1[N+](=O)[O-]. The zero-order valence-electron chi connectivity index (χ0n) is 15.1. The number of esters is 2. The maximum atomic E-state index is 12.7. The molecule has 1 aromatic carbocycles. The largest absolute Gasteiger partial charge is 0.464 e. The van der Waals surface area contributed by atoms with Crippen LogP contribution >= 0.6 is 0 Å². The van der Waals surface area contributed by atoms with Crippen LogP contribution in [0.5, 0.6) is 0 Å². The smallest absolute Gasteiger partial charge is 0.344 e. The van der Waals surface area contributed by atoms with Crippen molar-refractivity contribution in [3.63, 3.8) is 0 Å². The second-order valence-electron chi connectivity index (χ2n) is 5.47. The Morgan fingerprint density at radius 1 is 1.15 bits per heavy atom. The van der Waals surface area contributed by atoms with Gasteiger partial charge < -0.3 is 14.8 Å². The van der Waals surface area contributed by atoms with Crippen molar-refractivity contribution >= 4 is 23.5 Å². The standard InChI is InChI=1S/C17H22N2O7/c1-5-25-15(21)17(18-12(4)20,16(22)26-6-2)11(3)13-9-7-8-10-14(13)19(23)24/h7-11H,5-6H2,1-4H3,(H,18,20). The predicted octanol–water partition coefficient (Wildman–Crippen LogP) is 1.70. The van der Waals surface area contributed by atoms with Gasteiger partial charge in [0.25, 0.3) is 5.69 Å². The van der Waals surface area contributed by atoms with Gasteiger partial charge in [-0.05, 0) is 13.8 Å². The molecule has 1 atom stereocenters. The Kier molecular flexibility index (Phi) is 7.24. The molecule has 0 aliphatic heterocycles. The van der Waals surface area contributed by atoms with Crippen molar-refractivity contribution in [1.82, 2.24) is 5.32 Å². The minimum atomic E-state index is -2.25. The fourth-order valence-electron chi connectivity index (χ4n) is 2.67. The van der Waals surface area contributed by atoms with Crippen LogP contribution in [-0.4, -0.2) is 41.5 Å². The highest BCUT2D eigenvalue weighted by molar-refractivity contribution is 6.09. The summed E-state index contributed by atoms with van der Waals surface area (Å²) in [5, 5.41) is 13.7. The van der Waals surface area contributed by atoms with E-state index in [0.29, 0.717) is 0 Å². The molecule has 1 N–H and O–H groups in total. The van der Waals surface area contributed by atoms with Gasteiger partial charge in [-0.3, -0.25) is 14.9 Å². The van der Waals surface area contributed by atoms with Gasteiger partial charge in [-0.15, -0.1) is 0 Å². The van der Waals surface area contributed by atoms with Crippen molar-refractivity contribution in [1.29, 1.82) is 0 Å². The molecule has 0 aromatic heterocycles. The lowest BCUT2D eigenvalue weighted by molar-refractivity contribution is -0.385. The first kappa shape index (κ1) is 21.1. The molecule has 1 aromatic rings. The van der Waals surface area contributed by atoms with Gasteiger partial charge >= 0.3 is 11.9 Å². The quantitative estimate of drug-likeness (QED) is 0.321. The van der Waals surface area contributed by atoms with Crippen LogP contribution in [0.1, 0.15) is 39.2 Å². The number of nitrogens with one attached hydrogen (secondary N) is 1. The van der Waals surface area contributed by atoms with Crippen LogP contribution in [0.4, 0.5) is 5.69 Å². The molecule has 9 heteroatoms. The number of benzene rings is 1. The topological polar surface area (TPSA) is 125 Å². The van der Waals surface area contributed by atoms with Gasteiger partial charge in [0, 0.05) is 24.5 Å². The molecular weight excluding hydrogens is 344 g/mol. The number of hydrogen-bond acceptors (Lipinski definition) is 7. The van der Waals surface area contributed by atoms with Gasteiger partial charge in [0.1, 0.15) is 0 Å². The Bertz CT molecular complexity index is 684. The molecule has 0 radical (unpaired) electrons. The number of amides is 1. The van der Waals surface area contributed by atoms with Crippen LogP contribution < -0.4 is 5.32 Å². The molecule has 0 bridgehead atoms. The first-order valence-corrected chi connectivity index (χ1v) is 8.08. The van der Waals surface area contributed by atoms with Crippen molar-refractivity contribution in [3.05, 3.63) is 39.9 Å². The summed E-state index contributed by atoms with van der Waals surface area (Å²) in [5.41, 5.74) is -2.44. The second kappa shape index (κ2) is 8.93. The van der Waals surface area contributed by atoms with Gasteiger partial charge in [0.15, 0.2) is 0 Å². The number of nitro groups is 1. The second-order valence-corrected chi connectivity index (χ2v) is 5.47. The summed E-state index contributed by atoms with van der Waals surface area (Å²) in [7, 11) is 0. The summed E-state index contributed by atoms with van der Waals surface area (Å²) in [6, 6.07) is 5.66. The van der Waals surface area contributed by atoms with Gasteiger partial charge in [0.05, 0.1) is 18.1 Å². The van der Waals surface area contributed by atoms with Crippen molar-refractivity contribution in [2.45, 2.75) is 39.2 Å². The molecular formula is C17H22N2O7. The van der Waals surface area contributed by atoms with E-state index in [1.54, 1.807) is 0 Å². The van der Waals surface area contributed by atoms with E-state index in [9.17, 15) is 24.5 Å². The predicted molar refractivity (Wildman–Crippen MR) is 91.3 cm³/mol. The number of carbonyl (C=O) groups is 3. The molecule has 0 fully saturated rings. The number of rotatable bonds is 8. The first-order valence-electron chi connectivity index (χ1n) is 8.08. The molecule has 142 valence electrons. The Labute approximate surface area is 150 Å². The number of carbonyl (C=O) groups excluding carboxylic acids is 3. The van der Waals surface area contributed by atoms with E-state index in [-0.39, 0.29) is 24.5 Å². The summed E-state index contributed by atoms with van der Waals surface area (Å²) in [4.78, 5) is 47.9.